The molecule has 3 rings (SSSR count). The number of thiazole rings is 1. The highest BCUT2D eigenvalue weighted by Gasteiger charge is 2.15. The first-order valence-electron chi connectivity index (χ1n) is 7.72. The molecule has 0 bridgehead atoms. The lowest BCUT2D eigenvalue weighted by molar-refractivity contribution is -0.129. The second kappa shape index (κ2) is 8.13. The summed E-state index contributed by atoms with van der Waals surface area (Å²) in [5.74, 6) is 0.0144. The van der Waals surface area contributed by atoms with Gasteiger partial charge in [0.25, 0.3) is 0 Å². The van der Waals surface area contributed by atoms with E-state index in [1.807, 2.05) is 37.3 Å². The molecule has 0 atom stereocenters. The molecule has 0 saturated carbocycles. The lowest BCUT2D eigenvalue weighted by Crippen LogP contribution is -2.06. The zero-order valence-electron chi connectivity index (χ0n) is 13.7. The van der Waals surface area contributed by atoms with Gasteiger partial charge in [-0.2, -0.15) is 5.26 Å². The number of rotatable bonds is 5. The molecular weight excluding hydrogens is 416 g/mol. The summed E-state index contributed by atoms with van der Waals surface area (Å²) in [7, 11) is 0. The van der Waals surface area contributed by atoms with Crippen molar-refractivity contribution >= 4 is 49.5 Å². The summed E-state index contributed by atoms with van der Waals surface area (Å²) < 4.78 is 12.4. The van der Waals surface area contributed by atoms with Crippen molar-refractivity contribution in [3.63, 3.8) is 0 Å². The van der Waals surface area contributed by atoms with Crippen molar-refractivity contribution in [3.8, 4) is 17.6 Å². The topological polar surface area (TPSA) is 72.2 Å². The summed E-state index contributed by atoms with van der Waals surface area (Å²) in [6, 6.07) is 12.9. The van der Waals surface area contributed by atoms with Gasteiger partial charge in [-0.3, -0.25) is 0 Å². The Morgan fingerprint density at radius 2 is 2.19 bits per heavy atom. The fraction of sp³-hybridized carbons (Fsp3) is 0.105. The van der Waals surface area contributed by atoms with Crippen LogP contribution in [0.4, 0.5) is 0 Å². The minimum absolute atomic E-state index is 0.241. The summed E-state index contributed by atoms with van der Waals surface area (Å²) in [4.78, 5) is 16.6. The van der Waals surface area contributed by atoms with Gasteiger partial charge < -0.3 is 9.47 Å². The number of fused-ring (bicyclic) bond motifs is 1. The SMILES string of the molecule is CCOc1cc(C#N)cc(Br)c1OC(=O)C=Cc1nc2ccccc2s1. The molecule has 26 heavy (non-hydrogen) atoms. The van der Waals surface area contributed by atoms with E-state index in [0.717, 1.165) is 10.2 Å². The molecule has 0 aliphatic heterocycles. The van der Waals surface area contributed by atoms with Crippen LogP contribution < -0.4 is 9.47 Å². The molecule has 5 nitrogen and oxygen atoms in total. The molecule has 130 valence electrons. The predicted molar refractivity (Wildman–Crippen MR) is 104 cm³/mol. The number of benzene rings is 2. The Morgan fingerprint density at radius 1 is 1.38 bits per heavy atom. The number of ether oxygens (including phenoxy) is 2. The Kier molecular flexibility index (Phi) is 5.66. The van der Waals surface area contributed by atoms with Crippen LogP contribution in [0.5, 0.6) is 11.5 Å². The van der Waals surface area contributed by atoms with Crippen molar-refractivity contribution in [1.29, 1.82) is 5.26 Å². The summed E-state index contributed by atoms with van der Waals surface area (Å²) >= 11 is 4.80. The average molecular weight is 429 g/mol. The number of hydrogen-bond acceptors (Lipinski definition) is 6. The van der Waals surface area contributed by atoms with Crippen molar-refractivity contribution in [2.75, 3.05) is 6.61 Å². The molecule has 0 N–H and O–H groups in total. The van der Waals surface area contributed by atoms with E-state index in [-0.39, 0.29) is 5.75 Å². The maximum absolute atomic E-state index is 12.2. The van der Waals surface area contributed by atoms with Gasteiger partial charge in [-0.05, 0) is 47.1 Å². The van der Waals surface area contributed by atoms with E-state index >= 15 is 0 Å². The van der Waals surface area contributed by atoms with E-state index in [9.17, 15) is 4.79 Å². The molecule has 0 unspecified atom stereocenters. The standard InChI is InChI=1S/C19H13BrN2O3S/c1-2-24-15-10-12(11-21)9-13(20)19(15)25-18(23)8-7-17-22-14-5-3-4-6-16(14)26-17/h3-10H,2H2,1H3. The molecule has 0 fully saturated rings. The third-order valence-electron chi connectivity index (χ3n) is 3.31. The number of hydrogen-bond donors (Lipinski definition) is 0. The van der Waals surface area contributed by atoms with Crippen LogP contribution in [0.15, 0.2) is 46.9 Å². The number of halogens is 1. The molecular formula is C19H13BrN2O3S. The van der Waals surface area contributed by atoms with Gasteiger partial charge >= 0.3 is 5.97 Å². The van der Waals surface area contributed by atoms with Gasteiger partial charge in [0.15, 0.2) is 11.5 Å². The number of carbonyl (C=O) groups is 1. The number of para-hydroxylation sites is 1. The molecule has 0 saturated heterocycles. The third kappa shape index (κ3) is 4.10. The smallest absolute Gasteiger partial charge is 0.336 e. The van der Waals surface area contributed by atoms with Crippen molar-refractivity contribution < 1.29 is 14.3 Å². The molecule has 2 aromatic carbocycles. The Balaban J connectivity index is 1.80. The first kappa shape index (κ1) is 18.1. The first-order valence-corrected chi connectivity index (χ1v) is 9.33. The fourth-order valence-electron chi connectivity index (χ4n) is 2.23. The summed E-state index contributed by atoms with van der Waals surface area (Å²) in [6.07, 6.45) is 2.93. The predicted octanol–water partition coefficient (Wildman–Crippen LogP) is 4.95. The molecule has 0 aliphatic carbocycles. The average Bonchev–Trinajstić information content (AvgIpc) is 3.05. The quantitative estimate of drug-likeness (QED) is 0.326. The molecule has 0 amide bonds. The molecule has 3 aromatic rings. The molecule has 1 aromatic heterocycles. The Morgan fingerprint density at radius 3 is 2.92 bits per heavy atom. The van der Waals surface area contributed by atoms with Crippen LogP contribution in [-0.4, -0.2) is 17.6 Å². The minimum atomic E-state index is -0.560. The van der Waals surface area contributed by atoms with Crippen LogP contribution in [-0.2, 0) is 4.79 Å². The first-order chi connectivity index (χ1) is 12.6. The van der Waals surface area contributed by atoms with E-state index in [0.29, 0.717) is 27.4 Å². The van der Waals surface area contributed by atoms with E-state index in [1.54, 1.807) is 12.1 Å². The lowest BCUT2D eigenvalue weighted by Gasteiger charge is -2.11. The Labute approximate surface area is 162 Å². The summed E-state index contributed by atoms with van der Waals surface area (Å²) in [6.45, 7) is 2.19. The monoisotopic (exact) mass is 428 g/mol. The Hall–Kier alpha value is -2.69. The van der Waals surface area contributed by atoms with Crippen LogP contribution in [0.1, 0.15) is 17.5 Å². The van der Waals surface area contributed by atoms with Gasteiger partial charge in [0.1, 0.15) is 5.01 Å². The zero-order chi connectivity index (χ0) is 18.5. The van der Waals surface area contributed by atoms with E-state index < -0.39 is 5.97 Å². The van der Waals surface area contributed by atoms with Crippen LogP contribution in [0.3, 0.4) is 0 Å². The highest BCUT2D eigenvalue weighted by atomic mass is 79.9. The van der Waals surface area contributed by atoms with Crippen molar-refractivity contribution in [2.45, 2.75) is 6.92 Å². The fourth-order valence-corrected chi connectivity index (χ4v) is 3.62. The van der Waals surface area contributed by atoms with Gasteiger partial charge in [0.05, 0.1) is 32.9 Å². The van der Waals surface area contributed by atoms with Crippen LogP contribution in [0.25, 0.3) is 16.3 Å². The maximum atomic E-state index is 12.2. The zero-order valence-corrected chi connectivity index (χ0v) is 16.1. The van der Waals surface area contributed by atoms with Gasteiger partial charge in [0, 0.05) is 12.1 Å². The highest BCUT2D eigenvalue weighted by molar-refractivity contribution is 9.10. The molecule has 0 radical (unpaired) electrons. The number of esters is 1. The second-order valence-corrected chi connectivity index (χ2v) is 7.02. The van der Waals surface area contributed by atoms with E-state index in [2.05, 4.69) is 20.9 Å². The minimum Gasteiger partial charge on any atom is -0.490 e. The summed E-state index contributed by atoms with van der Waals surface area (Å²) in [5.41, 5.74) is 1.30. The Bertz CT molecular complexity index is 1000. The van der Waals surface area contributed by atoms with Crippen LogP contribution >= 0.6 is 27.3 Å². The van der Waals surface area contributed by atoms with Crippen LogP contribution in [0.2, 0.25) is 0 Å². The van der Waals surface area contributed by atoms with E-state index in [1.165, 1.54) is 23.5 Å². The normalized spacial score (nSPS) is 10.8. The van der Waals surface area contributed by atoms with Gasteiger partial charge in [0.2, 0.25) is 0 Å². The number of nitrogens with zero attached hydrogens (tertiary/aromatic N) is 2. The molecule has 7 heteroatoms. The van der Waals surface area contributed by atoms with Crippen molar-refractivity contribution in [2.24, 2.45) is 0 Å². The lowest BCUT2D eigenvalue weighted by atomic mass is 10.2. The highest BCUT2D eigenvalue weighted by Crippen LogP contribution is 2.37. The molecule has 0 spiro atoms. The largest absolute Gasteiger partial charge is 0.490 e. The second-order valence-electron chi connectivity index (χ2n) is 5.10. The number of aromatic nitrogens is 1. The van der Waals surface area contributed by atoms with Crippen molar-refractivity contribution in [1.82, 2.24) is 4.98 Å². The number of nitriles is 1. The maximum Gasteiger partial charge on any atom is 0.336 e. The molecule has 0 aliphatic rings. The third-order valence-corrected chi connectivity index (χ3v) is 4.90. The number of carbonyl (C=O) groups excluding carboxylic acids is 1. The van der Waals surface area contributed by atoms with Gasteiger partial charge in [-0.1, -0.05) is 12.1 Å². The van der Waals surface area contributed by atoms with Crippen molar-refractivity contribution in [3.05, 3.63) is 57.5 Å². The molecule has 1 heterocycles. The summed E-state index contributed by atoms with van der Waals surface area (Å²) in [5, 5.41) is 9.76. The van der Waals surface area contributed by atoms with Gasteiger partial charge in [-0.15, -0.1) is 11.3 Å². The van der Waals surface area contributed by atoms with E-state index in [4.69, 9.17) is 14.7 Å². The van der Waals surface area contributed by atoms with Gasteiger partial charge in [-0.25, -0.2) is 9.78 Å². The van der Waals surface area contributed by atoms with Crippen LogP contribution in [0, 0.1) is 11.3 Å².